The Hall–Kier alpha value is -5.16. The highest BCUT2D eigenvalue weighted by molar-refractivity contribution is 6.33. The van der Waals surface area contributed by atoms with Crippen LogP contribution in [-0.4, -0.2) is 62.1 Å². The summed E-state index contributed by atoms with van der Waals surface area (Å²) in [7, 11) is 1.41. The predicted octanol–water partition coefficient (Wildman–Crippen LogP) is 6.91. The minimum absolute atomic E-state index is 0.00723. The molecular formula is C43H37Cl2N3O7. The number of halogens is 2. The first-order valence-electron chi connectivity index (χ1n) is 18.4. The number of hydrogen-bond acceptors (Lipinski definition) is 8. The molecule has 5 aliphatic rings. The van der Waals surface area contributed by atoms with Gasteiger partial charge in [-0.2, -0.15) is 0 Å². The summed E-state index contributed by atoms with van der Waals surface area (Å²) in [6, 6.07) is 26.6. The molecule has 0 bridgehead atoms. The van der Waals surface area contributed by atoms with E-state index in [-0.39, 0.29) is 41.2 Å². The third kappa shape index (κ3) is 5.33. The van der Waals surface area contributed by atoms with Crippen LogP contribution in [-0.2, 0) is 29.3 Å². The number of carbonyl (C=O) groups is 4. The number of aromatic hydroxyl groups is 1. The number of rotatable bonds is 6. The third-order valence-corrected chi connectivity index (χ3v) is 12.8. The van der Waals surface area contributed by atoms with Gasteiger partial charge >= 0.3 is 0 Å². The van der Waals surface area contributed by atoms with Gasteiger partial charge in [-0.25, -0.2) is 4.90 Å². The number of hydrogen-bond donors (Lipinski definition) is 1. The van der Waals surface area contributed by atoms with Crippen LogP contribution in [0.4, 0.5) is 17.1 Å². The maximum atomic E-state index is 15.5. The van der Waals surface area contributed by atoms with Crippen LogP contribution in [0.5, 0.6) is 11.5 Å². The Labute approximate surface area is 327 Å². The molecule has 0 aromatic heterocycles. The van der Waals surface area contributed by atoms with E-state index in [4.69, 9.17) is 32.7 Å². The second-order valence-corrected chi connectivity index (χ2v) is 15.6. The van der Waals surface area contributed by atoms with E-state index in [1.54, 1.807) is 36.4 Å². The molecule has 0 spiro atoms. The van der Waals surface area contributed by atoms with Crippen molar-refractivity contribution in [3.63, 3.8) is 0 Å². The summed E-state index contributed by atoms with van der Waals surface area (Å²) < 4.78 is 11.1. The number of nitrogens with zero attached hydrogens (tertiary/aromatic N) is 3. The summed E-state index contributed by atoms with van der Waals surface area (Å²) in [5, 5.41) is 11.2. The topological polar surface area (TPSA) is 117 Å². The first-order valence-corrected chi connectivity index (χ1v) is 19.2. The molecule has 4 aromatic carbocycles. The van der Waals surface area contributed by atoms with Crippen LogP contribution < -0.4 is 19.4 Å². The molecule has 4 fully saturated rings. The summed E-state index contributed by atoms with van der Waals surface area (Å²) in [6.45, 7) is 2.77. The van der Waals surface area contributed by atoms with Crippen LogP contribution in [0.15, 0.2) is 103 Å². The lowest BCUT2D eigenvalue weighted by molar-refractivity contribution is -0.127. The molecule has 3 saturated heterocycles. The maximum absolute atomic E-state index is 15.5. The molecule has 1 saturated carbocycles. The molecule has 4 aromatic rings. The fraction of sp³-hybridized carbons (Fsp3) is 0.302. The molecule has 9 rings (SSSR count). The average molecular weight is 779 g/mol. The van der Waals surface area contributed by atoms with Crippen LogP contribution in [0.2, 0.25) is 10.0 Å². The monoisotopic (exact) mass is 777 g/mol. The fourth-order valence-electron chi connectivity index (χ4n) is 9.92. The number of fused-ring (bicyclic) bond motifs is 4. The molecule has 12 heteroatoms. The van der Waals surface area contributed by atoms with E-state index in [1.165, 1.54) is 16.9 Å². The maximum Gasteiger partial charge on any atom is 0.246 e. The van der Waals surface area contributed by atoms with E-state index >= 15 is 4.79 Å². The third-order valence-electron chi connectivity index (χ3n) is 12.3. The lowest BCUT2D eigenvalue weighted by atomic mass is 9.49. The van der Waals surface area contributed by atoms with Crippen molar-refractivity contribution < 1.29 is 33.8 Å². The predicted molar refractivity (Wildman–Crippen MR) is 208 cm³/mol. The van der Waals surface area contributed by atoms with E-state index in [0.717, 1.165) is 24.4 Å². The van der Waals surface area contributed by atoms with Crippen molar-refractivity contribution in [3.05, 3.63) is 124 Å². The second kappa shape index (κ2) is 13.5. The normalized spacial score (nSPS) is 27.5. The number of morpholine rings is 1. The molecular weight excluding hydrogens is 741 g/mol. The van der Waals surface area contributed by atoms with E-state index in [9.17, 15) is 19.5 Å². The summed E-state index contributed by atoms with van der Waals surface area (Å²) >= 11 is 13.1. The highest BCUT2D eigenvalue weighted by atomic mass is 35.5. The van der Waals surface area contributed by atoms with Crippen molar-refractivity contribution in [2.75, 3.05) is 48.1 Å². The lowest BCUT2D eigenvalue weighted by Gasteiger charge is -2.50. The minimum atomic E-state index is -1.50. The molecule has 6 atom stereocenters. The molecule has 3 aliphatic heterocycles. The van der Waals surface area contributed by atoms with Gasteiger partial charge in [0.25, 0.3) is 0 Å². The fourth-order valence-corrected chi connectivity index (χ4v) is 10.3. The number of imide groups is 2. The zero-order chi connectivity index (χ0) is 38.2. The van der Waals surface area contributed by atoms with Gasteiger partial charge in [-0.1, -0.05) is 71.2 Å². The number of carbonyl (C=O) groups excluding carboxylic acids is 4. The number of methoxy groups -OCH3 is 1. The van der Waals surface area contributed by atoms with Crippen molar-refractivity contribution >= 4 is 63.9 Å². The number of ether oxygens (including phenoxy) is 2. The van der Waals surface area contributed by atoms with Crippen LogP contribution in [0.3, 0.4) is 0 Å². The van der Waals surface area contributed by atoms with E-state index in [0.29, 0.717) is 40.7 Å². The van der Waals surface area contributed by atoms with Crippen LogP contribution in [0.25, 0.3) is 0 Å². The second-order valence-electron chi connectivity index (χ2n) is 14.8. The number of phenols is 1. The molecule has 3 heterocycles. The Morgan fingerprint density at radius 3 is 2.22 bits per heavy atom. The van der Waals surface area contributed by atoms with Crippen molar-refractivity contribution in [1.82, 2.24) is 0 Å². The number of benzene rings is 4. The van der Waals surface area contributed by atoms with Crippen molar-refractivity contribution in [3.8, 4) is 11.5 Å². The summed E-state index contributed by atoms with van der Waals surface area (Å²) in [5.41, 5.74) is 2.23. The number of amides is 4. The van der Waals surface area contributed by atoms with Crippen LogP contribution >= 0.6 is 23.2 Å². The Bertz CT molecular complexity index is 2280. The quantitative estimate of drug-likeness (QED) is 0.166. The highest BCUT2D eigenvalue weighted by Gasteiger charge is 2.70. The minimum Gasteiger partial charge on any atom is -0.503 e. The summed E-state index contributed by atoms with van der Waals surface area (Å²) in [6.07, 6.45) is 2.39. The molecule has 1 N–H and O–H groups in total. The molecule has 10 nitrogen and oxygen atoms in total. The first kappa shape index (κ1) is 35.5. The molecule has 0 radical (unpaired) electrons. The van der Waals surface area contributed by atoms with E-state index in [2.05, 4.69) is 4.90 Å². The Morgan fingerprint density at radius 1 is 0.782 bits per heavy atom. The highest BCUT2D eigenvalue weighted by Crippen LogP contribution is 2.65. The van der Waals surface area contributed by atoms with Gasteiger partial charge in [-0.05, 0) is 84.5 Å². The Balaban J connectivity index is 1.20. The molecule has 6 unspecified atom stereocenters. The van der Waals surface area contributed by atoms with Crippen molar-refractivity contribution in [1.29, 1.82) is 0 Å². The number of anilines is 3. The molecule has 4 amide bonds. The standard InChI is InChI=1S/C43H37Cl2N3O7/c1-54-35-21-24(20-34(45)38(35)49)37-30-14-15-31-36(41(52)47(39(31)50)28-12-10-27(11-13-28)46-16-18-55-19-17-46)32(30)23-33-40(51)48(29-9-5-8-26(44)22-29)42(53)43(33,37)25-6-3-2-4-7-25/h2-14,20-22,31-33,36-37,49H,15-19,23H2,1H3. The van der Waals surface area contributed by atoms with Gasteiger partial charge in [0.1, 0.15) is 0 Å². The van der Waals surface area contributed by atoms with Gasteiger partial charge in [0.15, 0.2) is 11.5 Å². The zero-order valence-electron chi connectivity index (χ0n) is 29.9. The van der Waals surface area contributed by atoms with Gasteiger partial charge in [0, 0.05) is 29.7 Å². The van der Waals surface area contributed by atoms with Crippen LogP contribution in [0, 0.1) is 23.7 Å². The Morgan fingerprint density at radius 2 is 1.51 bits per heavy atom. The largest absolute Gasteiger partial charge is 0.503 e. The Kier molecular flexibility index (Phi) is 8.75. The number of allylic oxidation sites excluding steroid dienone is 2. The van der Waals surface area contributed by atoms with E-state index in [1.807, 2.05) is 60.7 Å². The lowest BCUT2D eigenvalue weighted by Crippen LogP contribution is -2.53. The average Bonchev–Trinajstić information content (AvgIpc) is 3.60. The summed E-state index contributed by atoms with van der Waals surface area (Å²) in [5.74, 6) is -5.44. The summed E-state index contributed by atoms with van der Waals surface area (Å²) in [4.78, 5) is 64.2. The number of phenolic OH excluding ortho intramolecular Hbond substituents is 1. The molecule has 2 aliphatic carbocycles. The van der Waals surface area contributed by atoms with Crippen molar-refractivity contribution in [2.24, 2.45) is 23.7 Å². The first-order chi connectivity index (χ1) is 26.6. The van der Waals surface area contributed by atoms with Gasteiger partial charge < -0.3 is 19.5 Å². The van der Waals surface area contributed by atoms with E-state index < -0.39 is 46.8 Å². The van der Waals surface area contributed by atoms with Gasteiger partial charge in [-0.3, -0.25) is 24.1 Å². The molecule has 280 valence electrons. The molecule has 55 heavy (non-hydrogen) atoms. The van der Waals surface area contributed by atoms with Gasteiger partial charge in [-0.15, -0.1) is 0 Å². The van der Waals surface area contributed by atoms with Crippen LogP contribution in [0.1, 0.15) is 29.9 Å². The SMILES string of the molecule is COc1cc(C2C3=CCC4C(=O)N(c5ccc(N6CCOCC6)cc5)C(=O)C4C3CC3C(=O)N(c4cccc(Cl)c4)C(=O)C32c2ccccc2)cc(Cl)c1O. The van der Waals surface area contributed by atoms with Gasteiger partial charge in [0.05, 0.1) is 59.9 Å². The zero-order valence-corrected chi connectivity index (χ0v) is 31.4. The smallest absolute Gasteiger partial charge is 0.246 e. The van der Waals surface area contributed by atoms with Gasteiger partial charge in [0.2, 0.25) is 23.6 Å². The van der Waals surface area contributed by atoms with Crippen molar-refractivity contribution in [2.45, 2.75) is 24.2 Å².